The number of halogens is 4. The van der Waals surface area contributed by atoms with Crippen molar-refractivity contribution in [3.8, 4) is 11.1 Å². The molecular formula is C22H22F4N2O. The zero-order valence-electron chi connectivity index (χ0n) is 16.1. The summed E-state index contributed by atoms with van der Waals surface area (Å²) in [5.74, 6) is -0.783. The molecule has 1 saturated carbocycles. The zero-order chi connectivity index (χ0) is 20.8. The summed E-state index contributed by atoms with van der Waals surface area (Å²) in [7, 11) is 0. The molecule has 154 valence electrons. The van der Waals surface area contributed by atoms with Crippen LogP contribution in [0.1, 0.15) is 55.2 Å². The number of pyridine rings is 1. The van der Waals surface area contributed by atoms with Gasteiger partial charge in [0, 0.05) is 42.5 Å². The van der Waals surface area contributed by atoms with Gasteiger partial charge >= 0.3 is 6.18 Å². The smallest absolute Gasteiger partial charge is 0.340 e. The highest BCUT2D eigenvalue weighted by atomic mass is 19.4. The number of carbonyl (C=O) groups excluding carboxylic acids is 1. The molecule has 1 aromatic heterocycles. The van der Waals surface area contributed by atoms with Crippen LogP contribution in [0.25, 0.3) is 11.1 Å². The third-order valence-corrected chi connectivity index (χ3v) is 5.93. The molecule has 1 atom stereocenters. The van der Waals surface area contributed by atoms with Crippen molar-refractivity contribution in [3.63, 3.8) is 0 Å². The number of hydrogen-bond donors (Lipinski definition) is 0. The summed E-state index contributed by atoms with van der Waals surface area (Å²) in [4.78, 5) is 18.8. The molecule has 1 amide bonds. The summed E-state index contributed by atoms with van der Waals surface area (Å²) in [6.07, 6.45) is 2.52. The van der Waals surface area contributed by atoms with Gasteiger partial charge in [-0.3, -0.25) is 9.78 Å². The molecule has 4 rings (SSSR count). The molecule has 3 nitrogen and oxygen atoms in total. The van der Waals surface area contributed by atoms with E-state index >= 15 is 0 Å². The number of aromatic nitrogens is 1. The molecule has 0 N–H and O–H groups in total. The first-order valence-electron chi connectivity index (χ1n) is 9.93. The van der Waals surface area contributed by atoms with Gasteiger partial charge in [-0.05, 0) is 61.8 Å². The van der Waals surface area contributed by atoms with Crippen LogP contribution in [0.4, 0.5) is 17.6 Å². The van der Waals surface area contributed by atoms with E-state index in [4.69, 9.17) is 0 Å². The number of fused-ring (bicyclic) bond motifs is 1. The second kappa shape index (κ2) is 7.43. The van der Waals surface area contributed by atoms with Crippen molar-refractivity contribution in [1.82, 2.24) is 9.88 Å². The number of amides is 1. The molecule has 2 aliphatic carbocycles. The Balaban J connectivity index is 1.61. The van der Waals surface area contributed by atoms with Gasteiger partial charge in [0.25, 0.3) is 0 Å². The molecule has 0 saturated heterocycles. The lowest BCUT2D eigenvalue weighted by atomic mass is 9.95. The minimum Gasteiger partial charge on any atom is -0.340 e. The van der Waals surface area contributed by atoms with Gasteiger partial charge in [-0.1, -0.05) is 6.07 Å². The Bertz CT molecular complexity index is 937. The molecular weight excluding hydrogens is 384 g/mol. The lowest BCUT2D eigenvalue weighted by Crippen LogP contribution is -2.33. The standard InChI is InChI=1S/C22H22F4N2O/c1-2-28(15-5-6-15)21(29)9-13-3-7-16-18(13)11-27-12-19(16)17-8-4-14(10-20(17)23)22(24,25)26/h4,8,10-13,15H,2-3,5-7,9H2,1H3. The highest BCUT2D eigenvalue weighted by molar-refractivity contribution is 5.78. The van der Waals surface area contributed by atoms with Gasteiger partial charge in [-0.15, -0.1) is 0 Å². The Labute approximate surface area is 166 Å². The van der Waals surface area contributed by atoms with Crippen molar-refractivity contribution >= 4 is 5.91 Å². The van der Waals surface area contributed by atoms with Gasteiger partial charge in [-0.2, -0.15) is 13.2 Å². The second-order valence-corrected chi connectivity index (χ2v) is 7.80. The van der Waals surface area contributed by atoms with E-state index in [-0.39, 0.29) is 17.4 Å². The van der Waals surface area contributed by atoms with Gasteiger partial charge < -0.3 is 4.90 Å². The molecule has 0 spiro atoms. The van der Waals surface area contributed by atoms with Crippen molar-refractivity contribution < 1.29 is 22.4 Å². The third kappa shape index (κ3) is 3.87. The Morgan fingerprint density at radius 1 is 1.17 bits per heavy atom. The van der Waals surface area contributed by atoms with Crippen LogP contribution in [0.2, 0.25) is 0 Å². The Morgan fingerprint density at radius 2 is 1.93 bits per heavy atom. The highest BCUT2D eigenvalue weighted by Gasteiger charge is 2.35. The van der Waals surface area contributed by atoms with Gasteiger partial charge in [0.1, 0.15) is 5.82 Å². The second-order valence-electron chi connectivity index (χ2n) is 7.80. The summed E-state index contributed by atoms with van der Waals surface area (Å²) in [5, 5.41) is 0. The molecule has 0 bridgehead atoms. The largest absolute Gasteiger partial charge is 0.416 e. The van der Waals surface area contributed by atoms with E-state index in [9.17, 15) is 22.4 Å². The molecule has 7 heteroatoms. The Hall–Kier alpha value is -2.44. The SMILES string of the molecule is CCN(C(=O)CC1CCc2c(-c3ccc(C(F)(F)F)cc3F)cncc21)C1CC1. The van der Waals surface area contributed by atoms with Crippen LogP contribution in [0.5, 0.6) is 0 Å². The maximum absolute atomic E-state index is 14.5. The fourth-order valence-corrected chi connectivity index (χ4v) is 4.31. The first-order chi connectivity index (χ1) is 13.8. The van der Waals surface area contributed by atoms with Crippen LogP contribution >= 0.6 is 0 Å². The average Bonchev–Trinajstić information content (AvgIpc) is 3.42. The van der Waals surface area contributed by atoms with Crippen molar-refractivity contribution in [2.45, 2.75) is 57.2 Å². The maximum Gasteiger partial charge on any atom is 0.416 e. The lowest BCUT2D eigenvalue weighted by molar-refractivity contribution is -0.137. The summed E-state index contributed by atoms with van der Waals surface area (Å²) in [6, 6.07) is 2.95. The fourth-order valence-electron chi connectivity index (χ4n) is 4.31. The molecule has 2 aliphatic rings. The normalized spacial score (nSPS) is 18.6. The number of alkyl halides is 3. The molecule has 0 aliphatic heterocycles. The van der Waals surface area contributed by atoms with E-state index in [1.54, 1.807) is 6.20 Å². The summed E-state index contributed by atoms with van der Waals surface area (Å²) >= 11 is 0. The average molecular weight is 406 g/mol. The molecule has 29 heavy (non-hydrogen) atoms. The van der Waals surface area contributed by atoms with Gasteiger partial charge in [0.15, 0.2) is 0 Å². The summed E-state index contributed by atoms with van der Waals surface area (Å²) in [5.41, 5.74) is 1.40. The van der Waals surface area contributed by atoms with Gasteiger partial charge in [0.05, 0.1) is 5.56 Å². The molecule has 1 fully saturated rings. The first kappa shape index (κ1) is 19.9. The number of benzene rings is 1. The predicted molar refractivity (Wildman–Crippen MR) is 101 cm³/mol. The van der Waals surface area contributed by atoms with Crippen LogP contribution in [-0.2, 0) is 17.4 Å². The van der Waals surface area contributed by atoms with E-state index in [1.807, 2.05) is 11.8 Å². The summed E-state index contributed by atoms with van der Waals surface area (Å²) in [6.45, 7) is 2.67. The molecule has 1 aromatic carbocycles. The summed E-state index contributed by atoms with van der Waals surface area (Å²) < 4.78 is 53.0. The van der Waals surface area contributed by atoms with E-state index in [2.05, 4.69) is 4.98 Å². The van der Waals surface area contributed by atoms with Crippen molar-refractivity contribution in [2.24, 2.45) is 0 Å². The molecule has 1 heterocycles. The number of nitrogens with zero attached hydrogens (tertiary/aromatic N) is 2. The zero-order valence-corrected chi connectivity index (χ0v) is 16.1. The number of hydrogen-bond acceptors (Lipinski definition) is 2. The van der Waals surface area contributed by atoms with Crippen molar-refractivity contribution in [2.75, 3.05) is 6.54 Å². The predicted octanol–water partition coefficient (Wildman–Crippen LogP) is 5.34. The van der Waals surface area contributed by atoms with Crippen LogP contribution in [0.3, 0.4) is 0 Å². The van der Waals surface area contributed by atoms with Crippen LogP contribution in [0.15, 0.2) is 30.6 Å². The minimum atomic E-state index is -4.59. The Kier molecular flexibility index (Phi) is 5.09. The quantitative estimate of drug-likeness (QED) is 0.628. The lowest BCUT2D eigenvalue weighted by Gasteiger charge is -2.22. The van der Waals surface area contributed by atoms with E-state index in [0.717, 1.165) is 36.5 Å². The van der Waals surface area contributed by atoms with Crippen LogP contribution in [-0.4, -0.2) is 28.4 Å². The van der Waals surface area contributed by atoms with Crippen LogP contribution in [0, 0.1) is 5.82 Å². The number of rotatable bonds is 5. The van der Waals surface area contributed by atoms with E-state index in [1.165, 1.54) is 12.3 Å². The highest BCUT2D eigenvalue weighted by Crippen LogP contribution is 2.42. The van der Waals surface area contributed by atoms with Gasteiger partial charge in [0.2, 0.25) is 5.91 Å². The first-order valence-corrected chi connectivity index (χ1v) is 9.93. The van der Waals surface area contributed by atoms with E-state index < -0.39 is 17.6 Å². The van der Waals surface area contributed by atoms with Crippen LogP contribution < -0.4 is 0 Å². The molecule has 1 unspecified atom stereocenters. The monoisotopic (exact) mass is 406 g/mol. The minimum absolute atomic E-state index is 0.00950. The third-order valence-electron chi connectivity index (χ3n) is 5.93. The van der Waals surface area contributed by atoms with Gasteiger partial charge in [-0.25, -0.2) is 4.39 Å². The van der Waals surface area contributed by atoms with Crippen molar-refractivity contribution in [1.29, 1.82) is 0 Å². The van der Waals surface area contributed by atoms with E-state index in [0.29, 0.717) is 37.1 Å². The molecule has 0 radical (unpaired) electrons. The maximum atomic E-state index is 14.5. The fraction of sp³-hybridized carbons (Fsp3) is 0.455. The Morgan fingerprint density at radius 3 is 2.55 bits per heavy atom. The molecule has 2 aromatic rings. The topological polar surface area (TPSA) is 33.2 Å². The van der Waals surface area contributed by atoms with Crippen molar-refractivity contribution in [3.05, 3.63) is 53.1 Å². The number of carbonyl (C=O) groups is 1.